The summed E-state index contributed by atoms with van der Waals surface area (Å²) in [6.45, 7) is 1.05. The quantitative estimate of drug-likeness (QED) is 0.273. The molecule has 0 unspecified atom stereocenters. The van der Waals surface area contributed by atoms with Crippen LogP contribution in [-0.4, -0.2) is 53.0 Å². The molecule has 0 aromatic heterocycles. The molecule has 3 aromatic rings. The number of hydrogen-bond acceptors (Lipinski definition) is 7. The fourth-order valence-corrected chi connectivity index (χ4v) is 4.50. The van der Waals surface area contributed by atoms with E-state index in [-0.39, 0.29) is 12.5 Å². The van der Waals surface area contributed by atoms with Gasteiger partial charge in [0.15, 0.2) is 6.61 Å². The van der Waals surface area contributed by atoms with E-state index in [1.807, 2.05) is 0 Å². The molecule has 0 atom stereocenters. The van der Waals surface area contributed by atoms with Gasteiger partial charge in [-0.2, -0.15) is 5.10 Å². The van der Waals surface area contributed by atoms with E-state index in [9.17, 15) is 18.0 Å². The number of carbonyl (C=O) groups excluding carboxylic acids is 2. The SMILES string of the molecule is COc1ccccc1NC(=O)COc1ccc(/C=N\NC(=O)CN(c2ccc(Cl)cc2C)S(C)(=O)=O)cc1. The molecule has 0 saturated heterocycles. The summed E-state index contributed by atoms with van der Waals surface area (Å²) in [5.74, 6) is 0.0333. The Bertz CT molecular complexity index is 1430. The third kappa shape index (κ3) is 8.22. The molecular formula is C26H27ClN4O6S. The van der Waals surface area contributed by atoms with E-state index in [0.717, 1.165) is 10.6 Å². The van der Waals surface area contributed by atoms with Gasteiger partial charge in [0.1, 0.15) is 18.0 Å². The van der Waals surface area contributed by atoms with Gasteiger partial charge < -0.3 is 14.8 Å². The normalized spacial score (nSPS) is 11.2. The number of halogens is 1. The van der Waals surface area contributed by atoms with Crippen LogP contribution >= 0.6 is 11.6 Å². The Kier molecular flexibility index (Phi) is 9.69. The molecule has 2 amide bonds. The van der Waals surface area contributed by atoms with E-state index in [1.165, 1.54) is 13.3 Å². The predicted octanol–water partition coefficient (Wildman–Crippen LogP) is 3.59. The number of hydrogen-bond donors (Lipinski definition) is 2. The van der Waals surface area contributed by atoms with E-state index in [0.29, 0.717) is 39.0 Å². The lowest BCUT2D eigenvalue weighted by Gasteiger charge is -2.23. The predicted molar refractivity (Wildman–Crippen MR) is 148 cm³/mol. The van der Waals surface area contributed by atoms with E-state index in [4.69, 9.17) is 21.1 Å². The summed E-state index contributed by atoms with van der Waals surface area (Å²) in [6, 6.07) is 18.4. The maximum absolute atomic E-state index is 12.4. The number of ether oxygens (including phenoxy) is 2. The highest BCUT2D eigenvalue weighted by molar-refractivity contribution is 7.92. The van der Waals surface area contributed by atoms with Crippen LogP contribution in [0.1, 0.15) is 11.1 Å². The molecule has 10 nitrogen and oxygen atoms in total. The van der Waals surface area contributed by atoms with Crippen LogP contribution in [0.3, 0.4) is 0 Å². The minimum atomic E-state index is -3.73. The maximum Gasteiger partial charge on any atom is 0.262 e. The molecule has 12 heteroatoms. The van der Waals surface area contributed by atoms with Crippen LogP contribution < -0.4 is 24.5 Å². The fraction of sp³-hybridized carbons (Fsp3) is 0.192. The number of sulfonamides is 1. The van der Waals surface area contributed by atoms with E-state index < -0.39 is 22.5 Å². The minimum absolute atomic E-state index is 0.203. The summed E-state index contributed by atoms with van der Waals surface area (Å²) in [5.41, 5.74) is 4.47. The number of benzene rings is 3. The lowest BCUT2D eigenvalue weighted by atomic mass is 10.2. The molecule has 0 heterocycles. The van der Waals surface area contributed by atoms with Crippen LogP contribution in [0.25, 0.3) is 0 Å². The summed E-state index contributed by atoms with van der Waals surface area (Å²) < 4.78 is 36.3. The molecule has 0 fully saturated rings. The van der Waals surface area contributed by atoms with Crippen molar-refractivity contribution >= 4 is 51.0 Å². The number of para-hydroxylation sites is 2. The first-order valence-corrected chi connectivity index (χ1v) is 13.5. The smallest absolute Gasteiger partial charge is 0.262 e. The molecule has 0 bridgehead atoms. The van der Waals surface area contributed by atoms with Crippen molar-refractivity contribution in [3.63, 3.8) is 0 Å². The third-order valence-corrected chi connectivity index (χ3v) is 6.51. The monoisotopic (exact) mass is 558 g/mol. The van der Waals surface area contributed by atoms with Gasteiger partial charge in [0.05, 0.1) is 31.0 Å². The van der Waals surface area contributed by atoms with Crippen LogP contribution in [0.5, 0.6) is 11.5 Å². The summed E-state index contributed by atoms with van der Waals surface area (Å²) in [5, 5.41) is 7.07. The zero-order valence-corrected chi connectivity index (χ0v) is 22.5. The third-order valence-electron chi connectivity index (χ3n) is 5.15. The number of hydrazone groups is 1. The second-order valence-electron chi connectivity index (χ2n) is 8.10. The molecule has 2 N–H and O–H groups in total. The van der Waals surface area contributed by atoms with Gasteiger partial charge in [-0.05, 0) is 72.6 Å². The molecule has 0 spiro atoms. The Labute approximate surface area is 226 Å². The molecule has 0 aliphatic rings. The van der Waals surface area contributed by atoms with Crippen molar-refractivity contribution < 1.29 is 27.5 Å². The molecule has 0 radical (unpaired) electrons. The number of methoxy groups -OCH3 is 1. The molecule has 3 aromatic carbocycles. The zero-order chi connectivity index (χ0) is 27.7. The van der Waals surface area contributed by atoms with Gasteiger partial charge in [-0.15, -0.1) is 0 Å². The number of nitrogens with one attached hydrogen (secondary N) is 2. The van der Waals surface area contributed by atoms with Crippen molar-refractivity contribution in [1.29, 1.82) is 0 Å². The van der Waals surface area contributed by atoms with Gasteiger partial charge >= 0.3 is 0 Å². The van der Waals surface area contributed by atoms with Crippen LogP contribution in [-0.2, 0) is 19.6 Å². The van der Waals surface area contributed by atoms with Crippen molar-refractivity contribution in [3.8, 4) is 11.5 Å². The van der Waals surface area contributed by atoms with Gasteiger partial charge in [0.2, 0.25) is 10.0 Å². The topological polar surface area (TPSA) is 126 Å². The van der Waals surface area contributed by atoms with Gasteiger partial charge in [-0.25, -0.2) is 13.8 Å². The molecule has 0 aliphatic heterocycles. The first kappa shape index (κ1) is 28.5. The number of nitrogens with zero attached hydrogens (tertiary/aromatic N) is 2. The first-order valence-electron chi connectivity index (χ1n) is 11.3. The largest absolute Gasteiger partial charge is 0.495 e. The molecular weight excluding hydrogens is 532 g/mol. The standard InChI is InChI=1S/C26H27ClN4O6S/c1-18-14-20(27)10-13-23(18)31(38(3,34)35)16-25(32)30-28-15-19-8-11-21(12-9-19)37-17-26(33)29-22-6-4-5-7-24(22)36-2/h4-15H,16-17H2,1-3H3,(H,29,33)(H,30,32)/b28-15-. The molecule has 0 aliphatic carbocycles. The Morgan fingerprint density at radius 2 is 1.76 bits per heavy atom. The summed E-state index contributed by atoms with van der Waals surface area (Å²) in [4.78, 5) is 24.6. The Hall–Kier alpha value is -4.09. The van der Waals surface area contributed by atoms with Gasteiger partial charge in [-0.3, -0.25) is 13.9 Å². The van der Waals surface area contributed by atoms with Crippen LogP contribution in [0.2, 0.25) is 5.02 Å². The molecule has 38 heavy (non-hydrogen) atoms. The lowest BCUT2D eigenvalue weighted by Crippen LogP contribution is -2.39. The Balaban J connectivity index is 1.52. The lowest BCUT2D eigenvalue weighted by molar-refractivity contribution is -0.119. The molecule has 0 saturated carbocycles. The molecule has 3 rings (SSSR count). The summed E-state index contributed by atoms with van der Waals surface area (Å²) in [7, 11) is -2.22. The van der Waals surface area contributed by atoms with Crippen molar-refractivity contribution in [2.24, 2.45) is 5.10 Å². The van der Waals surface area contributed by atoms with Crippen molar-refractivity contribution in [1.82, 2.24) is 5.43 Å². The van der Waals surface area contributed by atoms with Gasteiger partial charge in [0.25, 0.3) is 11.8 Å². The van der Waals surface area contributed by atoms with Crippen molar-refractivity contribution in [2.75, 3.05) is 36.1 Å². The van der Waals surface area contributed by atoms with Crippen LogP contribution in [0.4, 0.5) is 11.4 Å². The summed E-state index contributed by atoms with van der Waals surface area (Å²) in [6.07, 6.45) is 2.41. The number of amides is 2. The zero-order valence-electron chi connectivity index (χ0n) is 21.0. The second-order valence-corrected chi connectivity index (χ2v) is 10.4. The number of aryl methyl sites for hydroxylation is 1. The highest BCUT2D eigenvalue weighted by Crippen LogP contribution is 2.25. The van der Waals surface area contributed by atoms with Gasteiger partial charge in [-0.1, -0.05) is 23.7 Å². The first-order chi connectivity index (χ1) is 18.1. The number of anilines is 2. The fourth-order valence-electron chi connectivity index (χ4n) is 3.36. The van der Waals surface area contributed by atoms with E-state index >= 15 is 0 Å². The number of carbonyl (C=O) groups is 2. The van der Waals surface area contributed by atoms with E-state index in [1.54, 1.807) is 73.7 Å². The van der Waals surface area contributed by atoms with Crippen molar-refractivity contribution in [3.05, 3.63) is 82.9 Å². The van der Waals surface area contributed by atoms with Crippen LogP contribution in [0, 0.1) is 6.92 Å². The van der Waals surface area contributed by atoms with Gasteiger partial charge in [0, 0.05) is 5.02 Å². The van der Waals surface area contributed by atoms with Crippen LogP contribution in [0.15, 0.2) is 71.8 Å². The average Bonchev–Trinajstić information content (AvgIpc) is 2.87. The second kappa shape index (κ2) is 12.9. The highest BCUT2D eigenvalue weighted by atomic mass is 35.5. The van der Waals surface area contributed by atoms with Crippen molar-refractivity contribution in [2.45, 2.75) is 6.92 Å². The minimum Gasteiger partial charge on any atom is -0.495 e. The highest BCUT2D eigenvalue weighted by Gasteiger charge is 2.22. The molecule has 200 valence electrons. The Morgan fingerprint density at radius 1 is 1.05 bits per heavy atom. The maximum atomic E-state index is 12.4. The average molecular weight is 559 g/mol. The number of rotatable bonds is 11. The summed E-state index contributed by atoms with van der Waals surface area (Å²) >= 11 is 5.95. The Morgan fingerprint density at radius 3 is 2.42 bits per heavy atom. The van der Waals surface area contributed by atoms with E-state index in [2.05, 4.69) is 15.8 Å².